The molecule has 2 rings (SSSR count). The Kier molecular flexibility index (Phi) is 4.51. The standard InChI is InChI=1S/C14H11F3O5S/c1-2-21-13(18)10-7-9-5-3-4-6-11(9)12(8-10)22-23(19,20)14(15,16)17/h3-8H,2H2,1H3. The van der Waals surface area contributed by atoms with E-state index in [1.165, 1.54) is 24.3 Å². The van der Waals surface area contributed by atoms with Crippen LogP contribution in [-0.4, -0.2) is 26.5 Å². The average molecular weight is 348 g/mol. The summed E-state index contributed by atoms with van der Waals surface area (Å²) in [5, 5.41) is 0.457. The minimum Gasteiger partial charge on any atom is -0.462 e. The van der Waals surface area contributed by atoms with Gasteiger partial charge in [0.2, 0.25) is 0 Å². The Balaban J connectivity index is 2.60. The van der Waals surface area contributed by atoms with Gasteiger partial charge in [-0.2, -0.15) is 21.6 Å². The molecule has 0 unspecified atom stereocenters. The van der Waals surface area contributed by atoms with Gasteiger partial charge in [-0.25, -0.2) is 4.79 Å². The number of halogens is 3. The molecule has 0 saturated heterocycles. The van der Waals surface area contributed by atoms with Crippen LogP contribution in [0.25, 0.3) is 10.8 Å². The molecule has 5 nitrogen and oxygen atoms in total. The Morgan fingerprint density at radius 3 is 2.43 bits per heavy atom. The topological polar surface area (TPSA) is 69.7 Å². The molecule has 0 radical (unpaired) electrons. The van der Waals surface area contributed by atoms with Crippen molar-refractivity contribution in [3.63, 3.8) is 0 Å². The minimum atomic E-state index is -5.85. The third-order valence-corrected chi connectivity index (χ3v) is 3.78. The Morgan fingerprint density at radius 2 is 1.83 bits per heavy atom. The van der Waals surface area contributed by atoms with Gasteiger partial charge in [-0.05, 0) is 24.4 Å². The Labute approximate surface area is 129 Å². The fourth-order valence-electron chi connectivity index (χ4n) is 1.84. The maximum Gasteiger partial charge on any atom is 0.534 e. The van der Waals surface area contributed by atoms with Crippen molar-refractivity contribution >= 4 is 26.9 Å². The average Bonchev–Trinajstić information content (AvgIpc) is 2.46. The van der Waals surface area contributed by atoms with Crippen LogP contribution in [0.15, 0.2) is 36.4 Å². The molecule has 0 heterocycles. The fourth-order valence-corrected chi connectivity index (χ4v) is 2.31. The summed E-state index contributed by atoms with van der Waals surface area (Å²) in [6.45, 7) is 1.62. The van der Waals surface area contributed by atoms with Crippen molar-refractivity contribution in [1.82, 2.24) is 0 Å². The van der Waals surface area contributed by atoms with Crippen LogP contribution in [0.1, 0.15) is 17.3 Å². The van der Waals surface area contributed by atoms with Crippen molar-refractivity contribution in [2.24, 2.45) is 0 Å². The molecule has 0 atom stereocenters. The minimum absolute atomic E-state index is 0.0582. The molecule has 0 bridgehead atoms. The van der Waals surface area contributed by atoms with Crippen LogP contribution in [-0.2, 0) is 14.9 Å². The van der Waals surface area contributed by atoms with E-state index in [1.54, 1.807) is 13.0 Å². The number of rotatable bonds is 4. The van der Waals surface area contributed by atoms with Crippen LogP contribution in [0, 0.1) is 0 Å². The first-order valence-corrected chi connectivity index (χ1v) is 7.77. The lowest BCUT2D eigenvalue weighted by atomic mass is 10.1. The molecule has 0 amide bonds. The summed E-state index contributed by atoms with van der Waals surface area (Å²) in [5.74, 6) is -1.39. The smallest absolute Gasteiger partial charge is 0.462 e. The molecule has 0 fully saturated rings. The number of alkyl halides is 3. The number of carbonyl (C=O) groups excluding carboxylic acids is 1. The number of hydrogen-bond donors (Lipinski definition) is 0. The SMILES string of the molecule is CCOC(=O)c1cc(OS(=O)(=O)C(F)(F)F)c2ccccc2c1. The van der Waals surface area contributed by atoms with Gasteiger partial charge in [0.25, 0.3) is 0 Å². The Bertz CT molecular complexity index is 843. The van der Waals surface area contributed by atoms with Crippen LogP contribution >= 0.6 is 0 Å². The molecule has 0 aliphatic carbocycles. The lowest BCUT2D eigenvalue weighted by Gasteiger charge is -2.13. The lowest BCUT2D eigenvalue weighted by Crippen LogP contribution is -2.28. The summed E-state index contributed by atoms with van der Waals surface area (Å²) < 4.78 is 68.9. The van der Waals surface area contributed by atoms with Gasteiger partial charge in [0.1, 0.15) is 0 Å². The summed E-state index contributed by atoms with van der Waals surface area (Å²) in [7, 11) is -5.85. The number of hydrogen-bond acceptors (Lipinski definition) is 5. The van der Waals surface area contributed by atoms with Crippen LogP contribution in [0.5, 0.6) is 5.75 Å². The molecular formula is C14H11F3O5S. The van der Waals surface area contributed by atoms with E-state index in [0.29, 0.717) is 5.39 Å². The normalized spacial score (nSPS) is 12.2. The van der Waals surface area contributed by atoms with E-state index in [9.17, 15) is 26.4 Å². The van der Waals surface area contributed by atoms with E-state index in [0.717, 1.165) is 6.07 Å². The number of ether oxygens (including phenoxy) is 1. The van der Waals surface area contributed by atoms with E-state index >= 15 is 0 Å². The van der Waals surface area contributed by atoms with E-state index in [2.05, 4.69) is 4.18 Å². The highest BCUT2D eigenvalue weighted by molar-refractivity contribution is 7.88. The van der Waals surface area contributed by atoms with Crippen LogP contribution < -0.4 is 4.18 Å². The van der Waals surface area contributed by atoms with Crippen molar-refractivity contribution in [3.05, 3.63) is 42.0 Å². The molecular weight excluding hydrogens is 337 g/mol. The predicted octanol–water partition coefficient (Wildman–Crippen LogP) is 3.24. The second-order valence-corrected chi connectivity index (χ2v) is 5.94. The first-order chi connectivity index (χ1) is 10.7. The van der Waals surface area contributed by atoms with Gasteiger partial charge in [-0.1, -0.05) is 24.3 Å². The monoisotopic (exact) mass is 348 g/mol. The molecule has 9 heteroatoms. The molecule has 0 aliphatic rings. The summed E-state index contributed by atoms with van der Waals surface area (Å²) in [5.41, 5.74) is -5.69. The van der Waals surface area contributed by atoms with E-state index in [1.807, 2.05) is 0 Å². The summed E-state index contributed by atoms with van der Waals surface area (Å²) >= 11 is 0. The Hall–Kier alpha value is -2.29. The van der Waals surface area contributed by atoms with E-state index in [-0.39, 0.29) is 17.6 Å². The molecule has 0 N–H and O–H groups in total. The maximum atomic E-state index is 12.5. The first kappa shape index (κ1) is 17.1. The number of benzene rings is 2. The van der Waals surface area contributed by atoms with Gasteiger partial charge in [0, 0.05) is 5.39 Å². The van der Waals surface area contributed by atoms with Crippen molar-refractivity contribution in [3.8, 4) is 5.75 Å². The molecule has 124 valence electrons. The lowest BCUT2D eigenvalue weighted by molar-refractivity contribution is -0.0499. The van der Waals surface area contributed by atoms with Crippen LogP contribution in [0.3, 0.4) is 0 Å². The Morgan fingerprint density at radius 1 is 1.17 bits per heavy atom. The fraction of sp³-hybridized carbons (Fsp3) is 0.214. The largest absolute Gasteiger partial charge is 0.534 e. The third-order valence-electron chi connectivity index (χ3n) is 2.82. The van der Waals surface area contributed by atoms with Crippen molar-refractivity contribution in [1.29, 1.82) is 0 Å². The van der Waals surface area contributed by atoms with Gasteiger partial charge in [0.05, 0.1) is 12.2 Å². The van der Waals surface area contributed by atoms with Crippen molar-refractivity contribution in [2.75, 3.05) is 6.61 Å². The molecule has 0 aromatic heterocycles. The number of carbonyl (C=O) groups is 1. The van der Waals surface area contributed by atoms with Crippen molar-refractivity contribution in [2.45, 2.75) is 12.4 Å². The molecule has 2 aromatic carbocycles. The zero-order valence-electron chi connectivity index (χ0n) is 11.8. The van der Waals surface area contributed by atoms with Crippen LogP contribution in [0.4, 0.5) is 13.2 Å². The van der Waals surface area contributed by atoms with Crippen LogP contribution in [0.2, 0.25) is 0 Å². The molecule has 0 aliphatic heterocycles. The van der Waals surface area contributed by atoms with Crippen molar-refractivity contribution < 1.29 is 35.3 Å². The quantitative estimate of drug-likeness (QED) is 0.482. The highest BCUT2D eigenvalue weighted by Crippen LogP contribution is 2.33. The summed E-state index contributed by atoms with van der Waals surface area (Å²) in [4.78, 5) is 11.8. The third kappa shape index (κ3) is 3.55. The van der Waals surface area contributed by atoms with E-state index in [4.69, 9.17) is 4.74 Å². The summed E-state index contributed by atoms with van der Waals surface area (Å²) in [6.07, 6.45) is 0. The molecule has 23 heavy (non-hydrogen) atoms. The van der Waals surface area contributed by atoms with Gasteiger partial charge in [-0.15, -0.1) is 0 Å². The van der Waals surface area contributed by atoms with Gasteiger partial charge in [-0.3, -0.25) is 0 Å². The van der Waals surface area contributed by atoms with Gasteiger partial charge < -0.3 is 8.92 Å². The predicted molar refractivity (Wildman–Crippen MR) is 75.5 cm³/mol. The molecule has 2 aromatic rings. The second-order valence-electron chi connectivity index (χ2n) is 4.40. The zero-order chi connectivity index (χ0) is 17.3. The van der Waals surface area contributed by atoms with E-state index < -0.39 is 27.3 Å². The second kappa shape index (κ2) is 6.07. The number of fused-ring (bicyclic) bond motifs is 1. The van der Waals surface area contributed by atoms with Gasteiger partial charge in [0.15, 0.2) is 5.75 Å². The number of esters is 1. The first-order valence-electron chi connectivity index (χ1n) is 6.36. The zero-order valence-corrected chi connectivity index (χ0v) is 12.6. The maximum absolute atomic E-state index is 12.5. The highest BCUT2D eigenvalue weighted by Gasteiger charge is 2.48. The molecule has 0 saturated carbocycles. The molecule has 0 spiro atoms. The van der Waals surface area contributed by atoms with Gasteiger partial charge >= 0.3 is 21.6 Å². The summed E-state index contributed by atoms with van der Waals surface area (Å²) in [6, 6.07) is 8.25. The highest BCUT2D eigenvalue weighted by atomic mass is 32.2.